The summed E-state index contributed by atoms with van der Waals surface area (Å²) in [7, 11) is 1.61. The van der Waals surface area contributed by atoms with Crippen LogP contribution in [0.4, 0.5) is 5.82 Å². The van der Waals surface area contributed by atoms with E-state index in [4.69, 9.17) is 24.7 Å². The fraction of sp³-hybridized carbons (Fsp3) is 0.440. The first kappa shape index (κ1) is 27.1. The Bertz CT molecular complexity index is 1130. The van der Waals surface area contributed by atoms with Gasteiger partial charge in [-0.15, -0.1) is 10.2 Å². The van der Waals surface area contributed by atoms with Gasteiger partial charge in [-0.1, -0.05) is 12.1 Å². The van der Waals surface area contributed by atoms with Crippen molar-refractivity contribution < 1.29 is 28.8 Å². The van der Waals surface area contributed by atoms with Crippen molar-refractivity contribution in [1.29, 1.82) is 0 Å². The molecule has 0 aliphatic heterocycles. The SMILES string of the molecule is COCCC(C)(C)OC(=O)COCCOCCn1cc(-c2cc(-c3ccccc3O)nnc2N)cn1. The first-order chi connectivity index (χ1) is 17.3. The number of benzene rings is 1. The van der Waals surface area contributed by atoms with E-state index in [1.807, 2.05) is 26.1 Å². The maximum atomic E-state index is 11.9. The highest BCUT2D eigenvalue weighted by Gasteiger charge is 2.22. The van der Waals surface area contributed by atoms with Crippen LogP contribution in [-0.2, 0) is 30.3 Å². The van der Waals surface area contributed by atoms with Gasteiger partial charge in [0.15, 0.2) is 5.82 Å². The molecular weight excluding hydrogens is 466 g/mol. The Hall–Kier alpha value is -3.54. The topological polar surface area (TPSA) is 144 Å². The van der Waals surface area contributed by atoms with Gasteiger partial charge >= 0.3 is 5.97 Å². The summed E-state index contributed by atoms with van der Waals surface area (Å²) < 4.78 is 23.0. The number of aromatic nitrogens is 4. The van der Waals surface area contributed by atoms with Gasteiger partial charge in [0.2, 0.25) is 0 Å². The van der Waals surface area contributed by atoms with Gasteiger partial charge < -0.3 is 29.8 Å². The molecule has 3 aromatic rings. The second-order valence-electron chi connectivity index (χ2n) is 8.68. The Morgan fingerprint density at radius 2 is 1.86 bits per heavy atom. The highest BCUT2D eigenvalue weighted by molar-refractivity contribution is 5.78. The lowest BCUT2D eigenvalue weighted by molar-refractivity contribution is -0.163. The normalized spacial score (nSPS) is 11.5. The highest BCUT2D eigenvalue weighted by atomic mass is 16.6. The van der Waals surface area contributed by atoms with Gasteiger partial charge in [-0.2, -0.15) is 5.10 Å². The third-order valence-corrected chi connectivity index (χ3v) is 5.30. The largest absolute Gasteiger partial charge is 0.507 e. The minimum atomic E-state index is -0.600. The third kappa shape index (κ3) is 8.01. The molecule has 2 aromatic heterocycles. The smallest absolute Gasteiger partial charge is 0.332 e. The van der Waals surface area contributed by atoms with Crippen LogP contribution in [0.15, 0.2) is 42.7 Å². The maximum absolute atomic E-state index is 11.9. The number of anilines is 1. The van der Waals surface area contributed by atoms with Crippen molar-refractivity contribution in [2.24, 2.45) is 0 Å². The average molecular weight is 500 g/mol. The van der Waals surface area contributed by atoms with E-state index in [0.29, 0.717) is 49.6 Å². The van der Waals surface area contributed by atoms with Crippen molar-refractivity contribution in [2.45, 2.75) is 32.4 Å². The predicted molar refractivity (Wildman–Crippen MR) is 133 cm³/mol. The molecule has 0 fully saturated rings. The Kier molecular flexibility index (Phi) is 9.74. The predicted octanol–water partition coefficient (Wildman–Crippen LogP) is 2.69. The number of aromatic hydroxyl groups is 1. The van der Waals surface area contributed by atoms with E-state index in [-0.39, 0.29) is 24.8 Å². The molecule has 0 aliphatic rings. The van der Waals surface area contributed by atoms with Gasteiger partial charge in [0.05, 0.1) is 38.3 Å². The number of para-hydroxylation sites is 1. The van der Waals surface area contributed by atoms with Crippen LogP contribution >= 0.6 is 0 Å². The molecule has 3 N–H and O–H groups in total. The number of phenols is 1. The summed E-state index contributed by atoms with van der Waals surface area (Å²) in [5.74, 6) is -0.0411. The van der Waals surface area contributed by atoms with Crippen molar-refractivity contribution in [1.82, 2.24) is 20.0 Å². The van der Waals surface area contributed by atoms with Crippen LogP contribution in [0.2, 0.25) is 0 Å². The Balaban J connectivity index is 1.41. The molecule has 11 heteroatoms. The van der Waals surface area contributed by atoms with Gasteiger partial charge in [0.1, 0.15) is 18.0 Å². The summed E-state index contributed by atoms with van der Waals surface area (Å²) in [5, 5.41) is 22.6. The molecule has 0 aliphatic carbocycles. The number of phenolic OH excluding ortho intramolecular Hbond substituents is 1. The molecule has 0 spiro atoms. The van der Waals surface area contributed by atoms with Crippen LogP contribution in [0.25, 0.3) is 22.4 Å². The lowest BCUT2D eigenvalue weighted by Gasteiger charge is -2.24. The number of rotatable bonds is 14. The first-order valence-corrected chi connectivity index (χ1v) is 11.6. The quantitative estimate of drug-likeness (QED) is 0.251. The summed E-state index contributed by atoms with van der Waals surface area (Å²) in [5.41, 5.74) is 7.96. The second kappa shape index (κ2) is 13.0. The molecule has 0 unspecified atom stereocenters. The van der Waals surface area contributed by atoms with Crippen LogP contribution in [0.1, 0.15) is 20.3 Å². The molecule has 0 amide bonds. The number of carbonyl (C=O) groups excluding carboxylic acids is 1. The summed E-state index contributed by atoms with van der Waals surface area (Å²) in [6.07, 6.45) is 4.13. The number of ether oxygens (including phenoxy) is 4. The average Bonchev–Trinajstić information content (AvgIpc) is 3.31. The van der Waals surface area contributed by atoms with Crippen LogP contribution in [0.5, 0.6) is 5.75 Å². The Morgan fingerprint density at radius 3 is 2.64 bits per heavy atom. The van der Waals surface area contributed by atoms with Gasteiger partial charge in [0, 0.05) is 43.0 Å². The van der Waals surface area contributed by atoms with Crippen LogP contribution < -0.4 is 5.73 Å². The van der Waals surface area contributed by atoms with E-state index < -0.39 is 11.6 Å². The van der Waals surface area contributed by atoms with Crippen LogP contribution in [-0.4, -0.2) is 76.8 Å². The molecule has 0 saturated heterocycles. The van der Waals surface area contributed by atoms with Crippen molar-refractivity contribution in [2.75, 3.05) is 45.9 Å². The molecule has 194 valence electrons. The van der Waals surface area contributed by atoms with Crippen molar-refractivity contribution in [3.8, 4) is 28.1 Å². The number of nitrogen functional groups attached to an aromatic ring is 1. The van der Waals surface area contributed by atoms with E-state index >= 15 is 0 Å². The van der Waals surface area contributed by atoms with Crippen LogP contribution in [0.3, 0.4) is 0 Å². The summed E-state index contributed by atoms with van der Waals surface area (Å²) in [6.45, 7) is 5.57. The van der Waals surface area contributed by atoms with Gasteiger partial charge in [-0.25, -0.2) is 4.79 Å². The number of methoxy groups -OCH3 is 1. The molecule has 3 rings (SSSR count). The standard InChI is InChI=1S/C25H33N5O6/c1-25(2,8-10-33-3)36-23(32)17-35-13-12-34-11-9-30-16-18(15-27-30)20-14-21(28-29-24(20)26)19-6-4-5-7-22(19)31/h4-7,14-16,31H,8-13,17H2,1-3H3,(H2,26,29). The number of hydrogen-bond donors (Lipinski definition) is 2. The lowest BCUT2D eigenvalue weighted by Crippen LogP contribution is -2.31. The highest BCUT2D eigenvalue weighted by Crippen LogP contribution is 2.31. The maximum Gasteiger partial charge on any atom is 0.332 e. The molecule has 1 aromatic carbocycles. The molecule has 0 bridgehead atoms. The summed E-state index contributed by atoms with van der Waals surface area (Å²) >= 11 is 0. The number of hydrogen-bond acceptors (Lipinski definition) is 10. The zero-order valence-electron chi connectivity index (χ0n) is 20.8. The molecule has 0 atom stereocenters. The number of nitrogens with two attached hydrogens (primary N) is 1. The van der Waals surface area contributed by atoms with E-state index in [1.165, 1.54) is 0 Å². The minimum absolute atomic E-state index is 0.113. The number of carbonyl (C=O) groups is 1. The molecule has 11 nitrogen and oxygen atoms in total. The second-order valence-corrected chi connectivity index (χ2v) is 8.68. The van der Waals surface area contributed by atoms with E-state index in [9.17, 15) is 9.90 Å². The Morgan fingerprint density at radius 1 is 1.08 bits per heavy atom. The van der Waals surface area contributed by atoms with Crippen LogP contribution in [0, 0.1) is 0 Å². The molecule has 0 saturated carbocycles. The summed E-state index contributed by atoms with van der Waals surface area (Å²) in [6, 6.07) is 8.68. The lowest BCUT2D eigenvalue weighted by atomic mass is 10.1. The fourth-order valence-corrected chi connectivity index (χ4v) is 3.35. The fourth-order valence-electron chi connectivity index (χ4n) is 3.35. The van der Waals surface area contributed by atoms with Gasteiger partial charge in [-0.3, -0.25) is 4.68 Å². The Labute approximate surface area is 210 Å². The van der Waals surface area contributed by atoms with Crippen molar-refractivity contribution in [3.05, 3.63) is 42.7 Å². The monoisotopic (exact) mass is 499 g/mol. The molecular formula is C25H33N5O6. The molecule has 0 radical (unpaired) electrons. The van der Waals surface area contributed by atoms with Gasteiger partial charge in [0.25, 0.3) is 0 Å². The molecule has 36 heavy (non-hydrogen) atoms. The summed E-state index contributed by atoms with van der Waals surface area (Å²) in [4.78, 5) is 11.9. The van der Waals surface area contributed by atoms with Crippen molar-refractivity contribution in [3.63, 3.8) is 0 Å². The zero-order valence-corrected chi connectivity index (χ0v) is 20.8. The van der Waals surface area contributed by atoms with E-state index in [2.05, 4.69) is 15.3 Å². The molecule has 2 heterocycles. The van der Waals surface area contributed by atoms with E-state index in [0.717, 1.165) is 5.56 Å². The van der Waals surface area contributed by atoms with Gasteiger partial charge in [-0.05, 0) is 32.0 Å². The third-order valence-electron chi connectivity index (χ3n) is 5.30. The minimum Gasteiger partial charge on any atom is -0.507 e. The number of nitrogens with zero attached hydrogens (tertiary/aromatic N) is 4. The van der Waals surface area contributed by atoms with Crippen molar-refractivity contribution >= 4 is 11.8 Å². The zero-order chi connectivity index (χ0) is 26.0. The number of esters is 1. The first-order valence-electron chi connectivity index (χ1n) is 11.6. The van der Waals surface area contributed by atoms with E-state index in [1.54, 1.807) is 42.3 Å².